The van der Waals surface area contributed by atoms with E-state index in [4.69, 9.17) is 4.74 Å². The molecule has 27 heavy (non-hydrogen) atoms. The summed E-state index contributed by atoms with van der Waals surface area (Å²) < 4.78 is 5.67. The first-order valence-corrected chi connectivity index (χ1v) is 9.65. The van der Waals surface area contributed by atoms with Gasteiger partial charge in [-0.25, -0.2) is 4.98 Å². The average Bonchev–Trinajstić information content (AvgIpc) is 3.35. The van der Waals surface area contributed by atoms with Crippen LogP contribution >= 0.6 is 0 Å². The molecule has 0 bridgehead atoms. The van der Waals surface area contributed by atoms with Crippen LogP contribution in [0, 0.1) is 13.8 Å². The lowest BCUT2D eigenvalue weighted by Crippen LogP contribution is -2.50. The predicted octanol–water partition coefficient (Wildman–Crippen LogP) is 2.35. The summed E-state index contributed by atoms with van der Waals surface area (Å²) in [5.41, 5.74) is 4.10. The second kappa shape index (κ2) is 7.74. The van der Waals surface area contributed by atoms with Gasteiger partial charge >= 0.3 is 0 Å². The summed E-state index contributed by atoms with van der Waals surface area (Å²) in [5.74, 6) is -0.0604. The van der Waals surface area contributed by atoms with Crippen LogP contribution in [0.3, 0.4) is 0 Å². The summed E-state index contributed by atoms with van der Waals surface area (Å²) in [6, 6.07) is 7.93. The van der Waals surface area contributed by atoms with Crippen LogP contribution in [0.2, 0.25) is 0 Å². The number of nitrogens with one attached hydrogen (secondary N) is 1. The normalized spacial score (nSPS) is 22.9. The fraction of sp³-hybridized carbons (Fsp3) is 0.476. The van der Waals surface area contributed by atoms with Crippen LogP contribution in [0.1, 0.15) is 34.6 Å². The molecule has 3 heterocycles. The smallest absolute Gasteiger partial charge is 0.251 e. The largest absolute Gasteiger partial charge is 0.378 e. The van der Waals surface area contributed by atoms with Gasteiger partial charge in [0.2, 0.25) is 0 Å². The molecule has 2 fully saturated rings. The zero-order valence-corrected chi connectivity index (χ0v) is 15.9. The summed E-state index contributed by atoms with van der Waals surface area (Å²) in [7, 11) is 0. The minimum absolute atomic E-state index is 0.0414. The van der Waals surface area contributed by atoms with E-state index in [0.29, 0.717) is 18.8 Å². The molecule has 1 aromatic heterocycles. The average molecular weight is 366 g/mol. The van der Waals surface area contributed by atoms with E-state index in [-0.39, 0.29) is 18.0 Å². The van der Waals surface area contributed by atoms with Crippen molar-refractivity contribution >= 4 is 5.91 Å². The minimum atomic E-state index is -0.0604. The molecular formula is C21H26N4O2. The van der Waals surface area contributed by atoms with Gasteiger partial charge in [-0.05, 0) is 51.9 Å². The highest BCUT2D eigenvalue weighted by molar-refractivity contribution is 5.95. The number of aryl methyl sites for hydroxylation is 2. The monoisotopic (exact) mass is 366 g/mol. The van der Waals surface area contributed by atoms with Gasteiger partial charge in [0.25, 0.3) is 5.91 Å². The van der Waals surface area contributed by atoms with Crippen molar-refractivity contribution in [2.75, 3.05) is 26.3 Å². The fourth-order valence-electron chi connectivity index (χ4n) is 3.98. The molecule has 6 nitrogen and oxygen atoms in total. The highest BCUT2D eigenvalue weighted by atomic mass is 16.5. The van der Waals surface area contributed by atoms with Crippen LogP contribution in [-0.2, 0) is 4.74 Å². The van der Waals surface area contributed by atoms with Gasteiger partial charge in [-0.3, -0.25) is 14.7 Å². The Morgan fingerprint density at radius 1 is 1.22 bits per heavy atom. The van der Waals surface area contributed by atoms with E-state index in [1.54, 1.807) is 6.20 Å². The van der Waals surface area contributed by atoms with Crippen LogP contribution in [0.5, 0.6) is 0 Å². The number of likely N-dealkylation sites (tertiary alicyclic amines) is 1. The molecule has 0 aliphatic carbocycles. The second-order valence-corrected chi connectivity index (χ2v) is 7.45. The lowest BCUT2D eigenvalue weighted by atomic mass is 10.0. The lowest BCUT2D eigenvalue weighted by molar-refractivity contribution is 0.0916. The summed E-state index contributed by atoms with van der Waals surface area (Å²) in [6.45, 7) is 7.33. The second-order valence-electron chi connectivity index (χ2n) is 7.45. The van der Waals surface area contributed by atoms with Gasteiger partial charge in [0.15, 0.2) is 0 Å². The molecule has 6 heteroatoms. The molecule has 1 N–H and O–H groups in total. The van der Waals surface area contributed by atoms with Crippen LogP contribution in [0.4, 0.5) is 0 Å². The van der Waals surface area contributed by atoms with E-state index < -0.39 is 0 Å². The number of carbonyl (C=O) groups excluding carboxylic acids is 1. The van der Waals surface area contributed by atoms with E-state index >= 15 is 0 Å². The fourth-order valence-corrected chi connectivity index (χ4v) is 3.98. The number of ether oxygens (including phenoxy) is 1. The van der Waals surface area contributed by atoms with Crippen LogP contribution in [-0.4, -0.2) is 59.2 Å². The summed E-state index contributed by atoms with van der Waals surface area (Å²) >= 11 is 0. The molecule has 2 aromatic rings. The van der Waals surface area contributed by atoms with Gasteiger partial charge in [0.05, 0.1) is 42.4 Å². The molecule has 0 unspecified atom stereocenters. The quantitative estimate of drug-likeness (QED) is 0.900. The minimum Gasteiger partial charge on any atom is -0.378 e. The Morgan fingerprint density at radius 2 is 2.04 bits per heavy atom. The molecule has 0 spiro atoms. The SMILES string of the molecule is Cc1cnc(C)c(-c2cccc(C(=O)N[C@@H]3COC[C@H]3N3CCCC3)c2)n1. The van der Waals surface area contributed by atoms with Crippen molar-refractivity contribution in [1.29, 1.82) is 0 Å². The summed E-state index contributed by atoms with van der Waals surface area (Å²) in [5, 5.41) is 3.19. The van der Waals surface area contributed by atoms with E-state index in [9.17, 15) is 4.79 Å². The first-order valence-electron chi connectivity index (χ1n) is 9.65. The van der Waals surface area contributed by atoms with E-state index in [1.807, 2.05) is 38.1 Å². The Labute approximate surface area is 160 Å². The van der Waals surface area contributed by atoms with Crippen molar-refractivity contribution < 1.29 is 9.53 Å². The Balaban J connectivity index is 1.51. The van der Waals surface area contributed by atoms with Crippen molar-refractivity contribution in [3.8, 4) is 11.3 Å². The van der Waals surface area contributed by atoms with Gasteiger partial charge in [-0.15, -0.1) is 0 Å². The molecule has 1 amide bonds. The zero-order chi connectivity index (χ0) is 18.8. The maximum atomic E-state index is 12.9. The number of rotatable bonds is 4. The number of amides is 1. The van der Waals surface area contributed by atoms with Gasteiger partial charge in [0, 0.05) is 17.3 Å². The molecular weight excluding hydrogens is 340 g/mol. The first-order chi connectivity index (χ1) is 13.1. The molecule has 4 rings (SSSR count). The molecule has 2 atom stereocenters. The van der Waals surface area contributed by atoms with Gasteiger partial charge in [0.1, 0.15) is 0 Å². The Kier molecular flexibility index (Phi) is 5.18. The Bertz CT molecular complexity index is 833. The number of aromatic nitrogens is 2. The number of carbonyl (C=O) groups is 1. The third kappa shape index (κ3) is 3.87. The van der Waals surface area contributed by atoms with Crippen molar-refractivity contribution in [2.24, 2.45) is 0 Å². The standard InChI is InChI=1S/C21H26N4O2/c1-14-11-22-15(2)20(23-14)16-6-5-7-17(10-16)21(26)24-18-12-27-13-19(18)25-8-3-4-9-25/h5-7,10-11,18-19H,3-4,8-9,12-13H2,1-2H3,(H,24,26)/t18-,19-/m1/s1. The van der Waals surface area contributed by atoms with Crippen molar-refractivity contribution in [1.82, 2.24) is 20.2 Å². The topological polar surface area (TPSA) is 67.3 Å². The zero-order valence-electron chi connectivity index (χ0n) is 15.9. The van der Waals surface area contributed by atoms with E-state index in [0.717, 1.165) is 35.7 Å². The van der Waals surface area contributed by atoms with Crippen molar-refractivity contribution in [3.63, 3.8) is 0 Å². The molecule has 0 radical (unpaired) electrons. The maximum absolute atomic E-state index is 12.9. The highest BCUT2D eigenvalue weighted by Gasteiger charge is 2.35. The molecule has 1 aromatic carbocycles. The van der Waals surface area contributed by atoms with E-state index in [2.05, 4.69) is 20.2 Å². The molecule has 2 aliphatic heterocycles. The van der Waals surface area contributed by atoms with Crippen LogP contribution in [0.25, 0.3) is 11.3 Å². The third-order valence-corrected chi connectivity index (χ3v) is 5.45. The van der Waals surface area contributed by atoms with Gasteiger partial charge < -0.3 is 10.1 Å². The van der Waals surface area contributed by atoms with E-state index in [1.165, 1.54) is 12.8 Å². The van der Waals surface area contributed by atoms with Gasteiger partial charge in [-0.2, -0.15) is 0 Å². The molecule has 2 aliphatic rings. The van der Waals surface area contributed by atoms with Gasteiger partial charge in [-0.1, -0.05) is 12.1 Å². The summed E-state index contributed by atoms with van der Waals surface area (Å²) in [4.78, 5) is 24.3. The number of hydrogen-bond acceptors (Lipinski definition) is 5. The molecule has 142 valence electrons. The molecule has 2 saturated heterocycles. The van der Waals surface area contributed by atoms with Crippen LogP contribution in [0.15, 0.2) is 30.5 Å². The number of nitrogens with zero attached hydrogens (tertiary/aromatic N) is 3. The highest BCUT2D eigenvalue weighted by Crippen LogP contribution is 2.22. The lowest BCUT2D eigenvalue weighted by Gasteiger charge is -2.28. The summed E-state index contributed by atoms with van der Waals surface area (Å²) in [6.07, 6.45) is 4.22. The number of benzene rings is 1. The van der Waals surface area contributed by atoms with Crippen LogP contribution < -0.4 is 5.32 Å². The molecule has 0 saturated carbocycles. The Morgan fingerprint density at radius 3 is 2.85 bits per heavy atom. The maximum Gasteiger partial charge on any atom is 0.251 e. The number of hydrogen-bond donors (Lipinski definition) is 1. The van der Waals surface area contributed by atoms with Crippen molar-refractivity contribution in [3.05, 3.63) is 47.4 Å². The predicted molar refractivity (Wildman–Crippen MR) is 104 cm³/mol. The van der Waals surface area contributed by atoms with Crippen molar-refractivity contribution in [2.45, 2.75) is 38.8 Å². The Hall–Kier alpha value is -2.31. The first kappa shape index (κ1) is 18.1. The third-order valence-electron chi connectivity index (χ3n) is 5.45.